The first-order chi connectivity index (χ1) is 15.3. The first-order valence-electron chi connectivity index (χ1n) is 10.00. The number of amides is 1. The predicted octanol–water partition coefficient (Wildman–Crippen LogP) is 3.94. The molecule has 2 aliphatic heterocycles. The topological polar surface area (TPSA) is 92.6 Å². The number of carbonyl (C=O) groups is 2. The monoisotopic (exact) mass is 451 g/mol. The highest BCUT2D eigenvalue weighted by atomic mass is 32.1. The van der Waals surface area contributed by atoms with Gasteiger partial charge in [-0.3, -0.25) is 14.5 Å². The average Bonchev–Trinajstić information content (AvgIpc) is 3.43. The van der Waals surface area contributed by atoms with Crippen molar-refractivity contribution in [3.05, 3.63) is 75.6 Å². The molecule has 1 amide bonds. The van der Waals surface area contributed by atoms with Gasteiger partial charge in [0.1, 0.15) is 28.4 Å². The Hall–Kier alpha value is -3.59. The lowest BCUT2D eigenvalue weighted by molar-refractivity contribution is -0.132. The van der Waals surface area contributed by atoms with E-state index in [0.29, 0.717) is 22.6 Å². The number of benzene rings is 2. The van der Waals surface area contributed by atoms with Gasteiger partial charge in [-0.05, 0) is 55.3 Å². The molecule has 0 spiro atoms. The SMILES string of the molecule is Cc1nnc(N2C(=O)C(=O)C(=C(O)c3ccc4c(c3)CC(C)O4)C2c2ccc(F)cc2)s1. The molecular formula is C23H18FN3O4S. The predicted molar refractivity (Wildman–Crippen MR) is 116 cm³/mol. The van der Waals surface area contributed by atoms with E-state index < -0.39 is 23.5 Å². The highest BCUT2D eigenvalue weighted by molar-refractivity contribution is 7.15. The van der Waals surface area contributed by atoms with Crippen molar-refractivity contribution in [3.63, 3.8) is 0 Å². The van der Waals surface area contributed by atoms with Crippen molar-refractivity contribution in [2.75, 3.05) is 4.90 Å². The standard InChI is InChI=1S/C23H18FN3O4S/c1-11-9-15-10-14(5-8-17(15)31-11)20(28)18-19(13-3-6-16(24)7-4-13)27(22(30)21(18)29)23-26-25-12(2)32-23/h3-8,10-11,19,28H,9H2,1-2H3. The van der Waals surface area contributed by atoms with Crippen LogP contribution in [0.1, 0.15) is 34.7 Å². The van der Waals surface area contributed by atoms with Gasteiger partial charge in [0.2, 0.25) is 5.13 Å². The Labute approximate surface area is 186 Å². The summed E-state index contributed by atoms with van der Waals surface area (Å²) in [6.45, 7) is 3.68. The summed E-state index contributed by atoms with van der Waals surface area (Å²) in [6.07, 6.45) is 0.698. The molecule has 0 radical (unpaired) electrons. The second kappa shape index (κ2) is 7.52. The van der Waals surface area contributed by atoms with Gasteiger partial charge in [0.05, 0.1) is 11.6 Å². The van der Waals surface area contributed by atoms with E-state index in [0.717, 1.165) is 22.6 Å². The molecule has 32 heavy (non-hydrogen) atoms. The van der Waals surface area contributed by atoms with Crippen LogP contribution in [0.4, 0.5) is 9.52 Å². The lowest BCUT2D eigenvalue weighted by atomic mass is 9.94. The highest BCUT2D eigenvalue weighted by Crippen LogP contribution is 2.43. The van der Waals surface area contributed by atoms with Crippen LogP contribution in [0, 0.1) is 12.7 Å². The molecule has 1 N–H and O–H groups in total. The maximum absolute atomic E-state index is 13.6. The van der Waals surface area contributed by atoms with Crippen LogP contribution in [0.5, 0.6) is 5.75 Å². The van der Waals surface area contributed by atoms with Gasteiger partial charge in [-0.15, -0.1) is 10.2 Å². The van der Waals surface area contributed by atoms with Crippen molar-refractivity contribution in [3.8, 4) is 5.75 Å². The number of halogens is 1. The number of hydrogen-bond acceptors (Lipinski definition) is 7. The second-order valence-electron chi connectivity index (χ2n) is 7.78. The summed E-state index contributed by atoms with van der Waals surface area (Å²) in [5.74, 6) is -1.69. The van der Waals surface area contributed by atoms with Gasteiger partial charge >= 0.3 is 5.91 Å². The maximum Gasteiger partial charge on any atom is 0.301 e. The minimum atomic E-state index is -0.966. The number of carbonyl (C=O) groups excluding carboxylic acids is 2. The minimum Gasteiger partial charge on any atom is -0.507 e. The Morgan fingerprint density at radius 2 is 1.94 bits per heavy atom. The number of anilines is 1. The van der Waals surface area contributed by atoms with Crippen LogP contribution < -0.4 is 9.64 Å². The van der Waals surface area contributed by atoms with Gasteiger partial charge in [-0.2, -0.15) is 0 Å². The molecule has 1 saturated heterocycles. The first kappa shape index (κ1) is 20.3. The van der Waals surface area contributed by atoms with Gasteiger partial charge in [-0.25, -0.2) is 4.39 Å². The van der Waals surface area contributed by atoms with Crippen LogP contribution in [0.3, 0.4) is 0 Å². The smallest absolute Gasteiger partial charge is 0.301 e. The molecule has 2 aliphatic rings. The molecule has 7 nitrogen and oxygen atoms in total. The van der Waals surface area contributed by atoms with E-state index in [1.54, 1.807) is 25.1 Å². The zero-order valence-electron chi connectivity index (χ0n) is 17.2. The summed E-state index contributed by atoms with van der Waals surface area (Å²) in [4.78, 5) is 27.3. The van der Waals surface area contributed by atoms with Crippen LogP contribution >= 0.6 is 11.3 Å². The molecule has 9 heteroatoms. The van der Waals surface area contributed by atoms with Crippen molar-refractivity contribution in [2.45, 2.75) is 32.4 Å². The van der Waals surface area contributed by atoms with Crippen molar-refractivity contribution >= 4 is 33.9 Å². The number of aliphatic hydroxyl groups is 1. The normalized spacial score (nSPS) is 21.7. The Morgan fingerprint density at radius 3 is 2.62 bits per heavy atom. The molecule has 162 valence electrons. The lowest BCUT2D eigenvalue weighted by Crippen LogP contribution is -2.29. The van der Waals surface area contributed by atoms with E-state index in [-0.39, 0.29) is 22.6 Å². The molecule has 0 aliphatic carbocycles. The van der Waals surface area contributed by atoms with Crippen LogP contribution in [-0.4, -0.2) is 33.1 Å². The van der Waals surface area contributed by atoms with Crippen LogP contribution in [-0.2, 0) is 16.0 Å². The van der Waals surface area contributed by atoms with Gasteiger partial charge in [0, 0.05) is 12.0 Å². The van der Waals surface area contributed by atoms with Gasteiger partial charge in [0.25, 0.3) is 5.78 Å². The number of aromatic nitrogens is 2. The summed E-state index contributed by atoms with van der Waals surface area (Å²) in [5, 5.41) is 20.0. The number of hydrogen-bond donors (Lipinski definition) is 1. The van der Waals surface area contributed by atoms with Crippen molar-refractivity contribution in [1.29, 1.82) is 0 Å². The molecular weight excluding hydrogens is 433 g/mol. The van der Waals surface area contributed by atoms with Crippen molar-refractivity contribution in [1.82, 2.24) is 10.2 Å². The van der Waals surface area contributed by atoms with Gasteiger partial charge in [-0.1, -0.05) is 23.5 Å². The van der Waals surface area contributed by atoms with Crippen LogP contribution in [0.15, 0.2) is 48.0 Å². The summed E-state index contributed by atoms with van der Waals surface area (Å²) in [7, 11) is 0. The summed E-state index contributed by atoms with van der Waals surface area (Å²) < 4.78 is 19.3. The van der Waals surface area contributed by atoms with Crippen LogP contribution in [0.2, 0.25) is 0 Å². The number of ether oxygens (including phenoxy) is 1. The summed E-state index contributed by atoms with van der Waals surface area (Å²) >= 11 is 1.15. The fraction of sp³-hybridized carbons (Fsp3) is 0.217. The Kier molecular flexibility index (Phi) is 4.78. The number of nitrogens with zero attached hydrogens (tertiary/aromatic N) is 3. The molecule has 3 heterocycles. The lowest BCUT2D eigenvalue weighted by Gasteiger charge is -2.22. The number of Topliss-reactive ketones (excluding diaryl/α,β-unsaturated/α-hetero) is 1. The van der Waals surface area contributed by atoms with E-state index in [4.69, 9.17) is 4.74 Å². The molecule has 3 aromatic rings. The molecule has 2 unspecified atom stereocenters. The largest absolute Gasteiger partial charge is 0.507 e. The average molecular weight is 451 g/mol. The van der Waals surface area contributed by atoms with E-state index >= 15 is 0 Å². The maximum atomic E-state index is 13.6. The molecule has 2 atom stereocenters. The zero-order chi connectivity index (χ0) is 22.6. The number of aliphatic hydroxyl groups excluding tert-OH is 1. The molecule has 5 rings (SSSR count). The van der Waals surface area contributed by atoms with Crippen molar-refractivity contribution in [2.24, 2.45) is 0 Å². The molecule has 1 aromatic heterocycles. The minimum absolute atomic E-state index is 0.0211. The molecule has 2 aromatic carbocycles. The fourth-order valence-corrected chi connectivity index (χ4v) is 4.81. The number of fused-ring (bicyclic) bond motifs is 1. The first-order valence-corrected chi connectivity index (χ1v) is 10.8. The number of ketones is 1. The second-order valence-corrected chi connectivity index (χ2v) is 8.94. The zero-order valence-corrected chi connectivity index (χ0v) is 18.0. The summed E-state index contributed by atoms with van der Waals surface area (Å²) in [6, 6.07) is 9.64. The number of rotatable bonds is 3. The Bertz CT molecular complexity index is 1280. The summed E-state index contributed by atoms with van der Waals surface area (Å²) in [5.41, 5.74) is 1.70. The van der Waals surface area contributed by atoms with E-state index in [1.807, 2.05) is 6.92 Å². The van der Waals surface area contributed by atoms with E-state index in [9.17, 15) is 19.1 Å². The van der Waals surface area contributed by atoms with Crippen LogP contribution in [0.25, 0.3) is 5.76 Å². The van der Waals surface area contributed by atoms with Gasteiger partial charge < -0.3 is 9.84 Å². The fourth-order valence-electron chi connectivity index (χ4n) is 4.10. The molecule has 0 bridgehead atoms. The highest BCUT2D eigenvalue weighted by Gasteiger charge is 2.48. The van der Waals surface area contributed by atoms with Gasteiger partial charge in [0.15, 0.2) is 0 Å². The van der Waals surface area contributed by atoms with Crippen molar-refractivity contribution < 1.29 is 23.8 Å². The third-order valence-corrected chi connectivity index (χ3v) is 6.36. The molecule has 1 fully saturated rings. The van der Waals surface area contributed by atoms with E-state index in [1.165, 1.54) is 29.2 Å². The van der Waals surface area contributed by atoms with E-state index in [2.05, 4.69) is 10.2 Å². The third kappa shape index (κ3) is 3.25. The third-order valence-electron chi connectivity index (χ3n) is 5.52. The Morgan fingerprint density at radius 1 is 1.19 bits per heavy atom. The Balaban J connectivity index is 1.68. The quantitative estimate of drug-likeness (QED) is 0.368. The number of aryl methyl sites for hydroxylation is 1. The molecule has 0 saturated carbocycles.